The molecule has 1 aliphatic rings. The molecule has 2 atom stereocenters. The summed E-state index contributed by atoms with van der Waals surface area (Å²) in [5.74, 6) is -0.864. The molecule has 1 saturated carbocycles. The van der Waals surface area contributed by atoms with Gasteiger partial charge in [-0.2, -0.15) is 0 Å². The van der Waals surface area contributed by atoms with Crippen LogP contribution < -0.4 is 10.6 Å². The second-order valence-electron chi connectivity index (χ2n) is 4.44. The zero-order chi connectivity index (χ0) is 12.1. The van der Waals surface area contributed by atoms with Crippen LogP contribution in [-0.4, -0.2) is 36.1 Å². The number of nitrogens with one attached hydrogen (secondary N) is 2. The molecule has 0 bridgehead atoms. The number of carboxylic acid groups (broad SMARTS) is 1. The van der Waals surface area contributed by atoms with Gasteiger partial charge in [0, 0.05) is 25.0 Å². The molecule has 0 saturated heterocycles. The molecule has 0 aromatic carbocycles. The number of carbonyl (C=O) groups excluding carboxylic acids is 1. The van der Waals surface area contributed by atoms with E-state index in [0.717, 1.165) is 12.8 Å². The first kappa shape index (κ1) is 13.0. The Bertz CT molecular complexity index is 264. The van der Waals surface area contributed by atoms with Crippen LogP contribution in [-0.2, 0) is 9.59 Å². The van der Waals surface area contributed by atoms with Crippen molar-refractivity contribution in [3.05, 3.63) is 0 Å². The molecule has 3 N–H and O–H groups in total. The van der Waals surface area contributed by atoms with E-state index in [9.17, 15) is 9.59 Å². The molecule has 16 heavy (non-hydrogen) atoms. The Hall–Kier alpha value is -1.10. The van der Waals surface area contributed by atoms with Crippen LogP contribution in [0.4, 0.5) is 0 Å². The zero-order valence-electron chi connectivity index (χ0n) is 9.82. The molecule has 1 fully saturated rings. The average Bonchev–Trinajstić information content (AvgIpc) is 3.05. The Morgan fingerprint density at radius 2 is 1.94 bits per heavy atom. The van der Waals surface area contributed by atoms with Crippen molar-refractivity contribution < 1.29 is 14.7 Å². The molecule has 5 heteroatoms. The molecule has 2 unspecified atom stereocenters. The summed E-state index contributed by atoms with van der Waals surface area (Å²) in [6.07, 6.45) is 2.01. The Morgan fingerprint density at radius 3 is 2.44 bits per heavy atom. The molecule has 0 aromatic rings. The quantitative estimate of drug-likeness (QED) is 0.544. The molecule has 0 radical (unpaired) electrons. The Balaban J connectivity index is 2.05. The van der Waals surface area contributed by atoms with E-state index in [1.54, 1.807) is 6.92 Å². The minimum absolute atomic E-state index is 0.0877. The fourth-order valence-corrected chi connectivity index (χ4v) is 1.37. The molecule has 1 amide bonds. The highest BCUT2D eigenvalue weighted by molar-refractivity contribution is 5.80. The van der Waals surface area contributed by atoms with Crippen LogP contribution in [0.25, 0.3) is 0 Å². The summed E-state index contributed by atoms with van der Waals surface area (Å²) in [5.41, 5.74) is 0. The number of amides is 1. The lowest BCUT2D eigenvalue weighted by Gasteiger charge is -2.17. The van der Waals surface area contributed by atoms with Crippen molar-refractivity contribution in [2.45, 2.75) is 32.7 Å². The fraction of sp³-hybridized carbons (Fsp3) is 0.818. The summed E-state index contributed by atoms with van der Waals surface area (Å²) in [6.45, 7) is 4.67. The predicted molar refractivity (Wildman–Crippen MR) is 60.0 cm³/mol. The maximum atomic E-state index is 11.3. The highest BCUT2D eigenvalue weighted by Crippen LogP contribution is 2.28. The van der Waals surface area contributed by atoms with E-state index < -0.39 is 11.9 Å². The van der Waals surface area contributed by atoms with Crippen molar-refractivity contribution in [1.29, 1.82) is 0 Å². The summed E-state index contributed by atoms with van der Waals surface area (Å²) in [4.78, 5) is 21.9. The molecule has 5 nitrogen and oxygen atoms in total. The highest BCUT2D eigenvalue weighted by Gasteiger charge is 2.29. The van der Waals surface area contributed by atoms with Gasteiger partial charge in [0.15, 0.2) is 0 Å². The molecule has 0 heterocycles. The normalized spacial score (nSPS) is 18.9. The number of carbonyl (C=O) groups is 2. The van der Waals surface area contributed by atoms with Crippen molar-refractivity contribution >= 4 is 11.9 Å². The molecule has 92 valence electrons. The van der Waals surface area contributed by atoms with Gasteiger partial charge < -0.3 is 15.7 Å². The second-order valence-corrected chi connectivity index (χ2v) is 4.44. The first-order valence-electron chi connectivity index (χ1n) is 5.76. The largest absolute Gasteiger partial charge is 0.481 e. The lowest BCUT2D eigenvalue weighted by atomic mass is 10.0. The third kappa shape index (κ3) is 4.18. The van der Waals surface area contributed by atoms with Gasteiger partial charge in [-0.25, -0.2) is 0 Å². The van der Waals surface area contributed by atoms with Crippen LogP contribution in [0.1, 0.15) is 26.7 Å². The summed E-state index contributed by atoms with van der Waals surface area (Å²) < 4.78 is 0. The Kier molecular flexibility index (Phi) is 4.73. The van der Waals surface area contributed by atoms with Gasteiger partial charge in [0.25, 0.3) is 0 Å². The number of hydrogen-bond acceptors (Lipinski definition) is 3. The molecule has 0 spiro atoms. The van der Waals surface area contributed by atoms with Crippen LogP contribution in [0.2, 0.25) is 0 Å². The van der Waals surface area contributed by atoms with Crippen molar-refractivity contribution in [1.82, 2.24) is 10.6 Å². The van der Waals surface area contributed by atoms with E-state index in [4.69, 9.17) is 5.11 Å². The van der Waals surface area contributed by atoms with Crippen LogP contribution in [0.5, 0.6) is 0 Å². The maximum Gasteiger partial charge on any atom is 0.307 e. The summed E-state index contributed by atoms with van der Waals surface area (Å²) in [5, 5.41) is 14.7. The van der Waals surface area contributed by atoms with Gasteiger partial charge in [0.1, 0.15) is 0 Å². The van der Waals surface area contributed by atoms with Crippen LogP contribution >= 0.6 is 0 Å². The van der Waals surface area contributed by atoms with Gasteiger partial charge in [-0.1, -0.05) is 6.92 Å². The highest BCUT2D eigenvalue weighted by atomic mass is 16.4. The summed E-state index contributed by atoms with van der Waals surface area (Å²) in [6, 6.07) is -0.0877. The molecular weight excluding hydrogens is 208 g/mol. The summed E-state index contributed by atoms with van der Waals surface area (Å²) >= 11 is 0. The topological polar surface area (TPSA) is 78.4 Å². The second kappa shape index (κ2) is 5.84. The van der Waals surface area contributed by atoms with Crippen LogP contribution in [0, 0.1) is 11.8 Å². The Morgan fingerprint density at radius 1 is 1.31 bits per heavy atom. The first-order valence-corrected chi connectivity index (χ1v) is 5.76. The molecule has 0 aliphatic heterocycles. The van der Waals surface area contributed by atoms with Gasteiger partial charge in [-0.3, -0.25) is 9.59 Å². The predicted octanol–water partition coefficient (Wildman–Crippen LogP) is 0.211. The number of carboxylic acids is 1. The molecule has 1 aliphatic carbocycles. The van der Waals surface area contributed by atoms with Gasteiger partial charge in [-0.15, -0.1) is 0 Å². The first-order chi connectivity index (χ1) is 7.52. The Labute approximate surface area is 95.6 Å². The van der Waals surface area contributed by atoms with Crippen molar-refractivity contribution in [2.75, 3.05) is 13.1 Å². The van der Waals surface area contributed by atoms with E-state index in [2.05, 4.69) is 10.6 Å². The lowest BCUT2D eigenvalue weighted by molar-refractivity contribution is -0.142. The van der Waals surface area contributed by atoms with Crippen molar-refractivity contribution in [3.8, 4) is 0 Å². The number of aliphatic carboxylic acids is 1. The SMILES string of the molecule is CC(NCCNC(=O)C1CC1)C(C)C(=O)O. The van der Waals surface area contributed by atoms with Gasteiger partial charge in [-0.05, 0) is 19.8 Å². The van der Waals surface area contributed by atoms with E-state index in [1.165, 1.54) is 0 Å². The monoisotopic (exact) mass is 228 g/mol. The van der Waals surface area contributed by atoms with E-state index >= 15 is 0 Å². The van der Waals surface area contributed by atoms with Gasteiger partial charge in [0.05, 0.1) is 5.92 Å². The third-order valence-electron chi connectivity index (χ3n) is 2.98. The van der Waals surface area contributed by atoms with Crippen LogP contribution in [0.15, 0.2) is 0 Å². The smallest absolute Gasteiger partial charge is 0.307 e. The number of hydrogen-bond donors (Lipinski definition) is 3. The minimum Gasteiger partial charge on any atom is -0.481 e. The van der Waals surface area contributed by atoms with Crippen molar-refractivity contribution in [3.63, 3.8) is 0 Å². The average molecular weight is 228 g/mol. The zero-order valence-corrected chi connectivity index (χ0v) is 9.82. The number of rotatable bonds is 7. The van der Waals surface area contributed by atoms with E-state index in [-0.39, 0.29) is 17.9 Å². The van der Waals surface area contributed by atoms with Gasteiger partial charge in [0.2, 0.25) is 5.91 Å². The maximum absolute atomic E-state index is 11.3. The van der Waals surface area contributed by atoms with E-state index in [0.29, 0.717) is 13.1 Å². The van der Waals surface area contributed by atoms with Crippen LogP contribution in [0.3, 0.4) is 0 Å². The minimum atomic E-state index is -0.804. The fourth-order valence-electron chi connectivity index (χ4n) is 1.37. The lowest BCUT2D eigenvalue weighted by Crippen LogP contribution is -2.41. The van der Waals surface area contributed by atoms with E-state index in [1.807, 2.05) is 6.92 Å². The standard InChI is InChI=1S/C11H20N2O3/c1-7(11(15)16)8(2)12-5-6-13-10(14)9-3-4-9/h7-9,12H,3-6H2,1-2H3,(H,13,14)(H,15,16). The summed E-state index contributed by atoms with van der Waals surface area (Å²) in [7, 11) is 0. The third-order valence-corrected chi connectivity index (χ3v) is 2.98. The van der Waals surface area contributed by atoms with Gasteiger partial charge >= 0.3 is 5.97 Å². The molecular formula is C11H20N2O3. The molecule has 1 rings (SSSR count). The molecule has 0 aromatic heterocycles. The van der Waals surface area contributed by atoms with Crippen molar-refractivity contribution in [2.24, 2.45) is 11.8 Å².